The number of phenols is 1. The van der Waals surface area contributed by atoms with E-state index in [-0.39, 0.29) is 17.9 Å². The summed E-state index contributed by atoms with van der Waals surface area (Å²) >= 11 is 0. The Morgan fingerprint density at radius 1 is 1.09 bits per heavy atom. The first kappa shape index (κ1) is 15.7. The fourth-order valence-corrected chi connectivity index (χ4v) is 1.78. The lowest BCUT2D eigenvalue weighted by Gasteiger charge is -2.12. The number of aromatic hydroxyl groups is 1. The Labute approximate surface area is 123 Å². The van der Waals surface area contributed by atoms with Gasteiger partial charge in [0.2, 0.25) is 0 Å². The van der Waals surface area contributed by atoms with Crippen LogP contribution in [0.4, 0.5) is 13.2 Å². The lowest BCUT2D eigenvalue weighted by Crippen LogP contribution is -2.11. The highest BCUT2D eigenvalue weighted by atomic mass is 19.4. The van der Waals surface area contributed by atoms with Crippen molar-refractivity contribution in [3.05, 3.63) is 59.2 Å². The summed E-state index contributed by atoms with van der Waals surface area (Å²) in [7, 11) is 0. The lowest BCUT2D eigenvalue weighted by atomic mass is 10.0. The molecule has 2 N–H and O–H groups in total. The second-order valence-corrected chi connectivity index (χ2v) is 4.46. The van der Waals surface area contributed by atoms with Crippen molar-refractivity contribution in [1.29, 1.82) is 0 Å². The third-order valence-corrected chi connectivity index (χ3v) is 2.90. The topological polar surface area (TPSA) is 66.8 Å². The molecule has 22 heavy (non-hydrogen) atoms. The van der Waals surface area contributed by atoms with E-state index >= 15 is 0 Å². The van der Waals surface area contributed by atoms with Crippen LogP contribution in [0.3, 0.4) is 0 Å². The van der Waals surface area contributed by atoms with E-state index in [9.17, 15) is 18.0 Å². The van der Waals surface area contributed by atoms with Gasteiger partial charge in [-0.15, -0.1) is 0 Å². The van der Waals surface area contributed by atoms with E-state index in [0.29, 0.717) is 11.8 Å². The molecular weight excluding hydrogens is 301 g/mol. The second kappa shape index (κ2) is 5.97. The van der Waals surface area contributed by atoms with Crippen molar-refractivity contribution in [1.82, 2.24) is 0 Å². The average Bonchev–Trinajstić information content (AvgIpc) is 2.45. The van der Waals surface area contributed by atoms with E-state index in [1.807, 2.05) is 0 Å². The van der Waals surface area contributed by atoms with Crippen LogP contribution in [0.2, 0.25) is 0 Å². The zero-order valence-corrected chi connectivity index (χ0v) is 11.1. The van der Waals surface area contributed by atoms with Gasteiger partial charge in [-0.3, -0.25) is 0 Å². The van der Waals surface area contributed by atoms with Gasteiger partial charge in [-0.1, -0.05) is 6.07 Å². The molecule has 0 atom stereocenters. The predicted octanol–water partition coefficient (Wildman–Crippen LogP) is 3.69. The van der Waals surface area contributed by atoms with E-state index in [1.165, 1.54) is 24.3 Å². The van der Waals surface area contributed by atoms with E-state index in [2.05, 4.69) is 0 Å². The maximum Gasteiger partial charge on any atom is 0.416 e. The molecule has 2 aromatic rings. The molecular formula is C15H11F3O4. The number of carboxylic acid groups (broad SMARTS) is 1. The highest BCUT2D eigenvalue weighted by Gasteiger charge is 2.31. The van der Waals surface area contributed by atoms with E-state index in [0.717, 1.165) is 12.1 Å². The maximum atomic E-state index is 12.6. The van der Waals surface area contributed by atoms with Crippen molar-refractivity contribution in [3.8, 4) is 11.5 Å². The van der Waals surface area contributed by atoms with Crippen LogP contribution in [0.5, 0.6) is 11.5 Å². The summed E-state index contributed by atoms with van der Waals surface area (Å²) in [6.07, 6.45) is -4.61. The molecule has 0 saturated heterocycles. The summed E-state index contributed by atoms with van der Waals surface area (Å²) in [6, 6.07) is 8.13. The molecule has 0 radical (unpaired) electrons. The lowest BCUT2D eigenvalue weighted by molar-refractivity contribution is -0.137. The van der Waals surface area contributed by atoms with Crippen LogP contribution >= 0.6 is 0 Å². The SMILES string of the molecule is O=C(O)c1cc(C(F)(F)F)ccc1COc1ccc(O)cc1. The van der Waals surface area contributed by atoms with Crippen molar-refractivity contribution in [2.75, 3.05) is 0 Å². The summed E-state index contributed by atoms with van der Waals surface area (Å²) in [5, 5.41) is 18.2. The number of benzene rings is 2. The summed E-state index contributed by atoms with van der Waals surface area (Å²) in [5.41, 5.74) is -1.37. The fraction of sp³-hybridized carbons (Fsp3) is 0.133. The van der Waals surface area contributed by atoms with Crippen molar-refractivity contribution in [3.63, 3.8) is 0 Å². The number of hydrogen-bond acceptors (Lipinski definition) is 3. The number of carbonyl (C=O) groups is 1. The molecule has 7 heteroatoms. The smallest absolute Gasteiger partial charge is 0.416 e. The number of alkyl halides is 3. The molecule has 0 heterocycles. The van der Waals surface area contributed by atoms with Gasteiger partial charge in [0.1, 0.15) is 18.1 Å². The molecule has 4 nitrogen and oxygen atoms in total. The van der Waals surface area contributed by atoms with Gasteiger partial charge in [-0.2, -0.15) is 13.2 Å². The predicted molar refractivity (Wildman–Crippen MR) is 70.8 cm³/mol. The van der Waals surface area contributed by atoms with E-state index in [4.69, 9.17) is 14.9 Å². The first-order valence-electron chi connectivity index (χ1n) is 6.12. The fourth-order valence-electron chi connectivity index (χ4n) is 1.78. The Hall–Kier alpha value is -2.70. The third-order valence-electron chi connectivity index (χ3n) is 2.90. The Bertz CT molecular complexity index is 678. The third kappa shape index (κ3) is 3.69. The second-order valence-electron chi connectivity index (χ2n) is 4.46. The number of carboxylic acids is 1. The maximum absolute atomic E-state index is 12.6. The van der Waals surface area contributed by atoms with Crippen LogP contribution < -0.4 is 4.74 Å². The number of hydrogen-bond donors (Lipinski definition) is 2. The monoisotopic (exact) mass is 312 g/mol. The summed E-state index contributed by atoms with van der Waals surface area (Å²) in [6.45, 7) is -0.204. The Balaban J connectivity index is 2.23. The van der Waals surface area contributed by atoms with E-state index in [1.54, 1.807) is 0 Å². The molecule has 0 fully saturated rings. The molecule has 0 saturated carbocycles. The van der Waals surface area contributed by atoms with Gasteiger partial charge in [-0.05, 0) is 36.4 Å². The summed E-state index contributed by atoms with van der Waals surface area (Å²) in [4.78, 5) is 11.1. The number of ether oxygens (including phenoxy) is 1. The molecule has 0 aliphatic rings. The molecule has 2 rings (SSSR count). The van der Waals surface area contributed by atoms with Crippen LogP contribution in [0, 0.1) is 0 Å². The molecule has 0 amide bonds. The average molecular weight is 312 g/mol. The zero-order chi connectivity index (χ0) is 16.3. The van der Waals surface area contributed by atoms with Crippen LogP contribution in [-0.2, 0) is 12.8 Å². The van der Waals surface area contributed by atoms with Crippen LogP contribution in [0.1, 0.15) is 21.5 Å². The minimum atomic E-state index is -4.61. The highest BCUT2D eigenvalue weighted by Crippen LogP contribution is 2.31. The number of phenolic OH excluding ortho intramolecular Hbond substituents is 1. The molecule has 0 unspecified atom stereocenters. The quantitative estimate of drug-likeness (QED) is 0.903. The van der Waals surface area contributed by atoms with Crippen molar-refractivity contribution in [2.24, 2.45) is 0 Å². The minimum absolute atomic E-state index is 0.0353. The minimum Gasteiger partial charge on any atom is -0.508 e. The Kier molecular flexibility index (Phi) is 4.25. The molecule has 0 aromatic heterocycles. The van der Waals surface area contributed by atoms with Gasteiger partial charge in [0, 0.05) is 5.56 Å². The normalized spacial score (nSPS) is 11.2. The Morgan fingerprint density at radius 3 is 2.27 bits per heavy atom. The molecule has 2 aromatic carbocycles. The van der Waals surface area contributed by atoms with Crippen LogP contribution in [-0.4, -0.2) is 16.2 Å². The molecule has 116 valence electrons. The van der Waals surface area contributed by atoms with Crippen LogP contribution in [0.15, 0.2) is 42.5 Å². The van der Waals surface area contributed by atoms with Crippen molar-refractivity contribution in [2.45, 2.75) is 12.8 Å². The van der Waals surface area contributed by atoms with Gasteiger partial charge in [0.15, 0.2) is 0 Å². The van der Waals surface area contributed by atoms with Crippen molar-refractivity contribution < 1.29 is 32.9 Å². The first-order valence-corrected chi connectivity index (χ1v) is 6.12. The standard InChI is InChI=1S/C15H11F3O4/c16-15(17,18)10-2-1-9(13(7-10)14(20)21)8-22-12-5-3-11(19)4-6-12/h1-7,19H,8H2,(H,20,21). The van der Waals surface area contributed by atoms with Gasteiger partial charge in [0.25, 0.3) is 0 Å². The molecule has 0 spiro atoms. The van der Waals surface area contributed by atoms with Crippen LogP contribution in [0.25, 0.3) is 0 Å². The van der Waals surface area contributed by atoms with Gasteiger partial charge in [-0.25, -0.2) is 4.79 Å². The van der Waals surface area contributed by atoms with Gasteiger partial charge >= 0.3 is 12.1 Å². The summed E-state index contributed by atoms with van der Waals surface area (Å²) in [5.74, 6) is -1.07. The van der Waals surface area contributed by atoms with Crippen molar-refractivity contribution >= 4 is 5.97 Å². The molecule has 0 aliphatic heterocycles. The van der Waals surface area contributed by atoms with Gasteiger partial charge < -0.3 is 14.9 Å². The summed E-state index contributed by atoms with van der Waals surface area (Å²) < 4.78 is 43.1. The largest absolute Gasteiger partial charge is 0.508 e. The highest BCUT2D eigenvalue weighted by molar-refractivity contribution is 5.89. The van der Waals surface area contributed by atoms with E-state index < -0.39 is 23.3 Å². The number of rotatable bonds is 4. The molecule has 0 bridgehead atoms. The number of aromatic carboxylic acids is 1. The molecule has 0 aliphatic carbocycles. The Morgan fingerprint density at radius 2 is 1.73 bits per heavy atom. The first-order chi connectivity index (χ1) is 10.3. The zero-order valence-electron chi connectivity index (χ0n) is 11.1. The number of halogens is 3. The van der Waals surface area contributed by atoms with Gasteiger partial charge in [0.05, 0.1) is 11.1 Å².